The lowest BCUT2D eigenvalue weighted by Crippen LogP contribution is -2.44. The van der Waals surface area contributed by atoms with Crippen LogP contribution in [-0.2, 0) is 24.3 Å². The maximum absolute atomic E-state index is 13.6. The molecule has 9 nitrogen and oxygen atoms in total. The van der Waals surface area contributed by atoms with Gasteiger partial charge in [0, 0.05) is 5.69 Å². The molecule has 34 heavy (non-hydrogen) atoms. The van der Waals surface area contributed by atoms with Crippen LogP contribution in [0.2, 0.25) is 5.02 Å². The van der Waals surface area contributed by atoms with Gasteiger partial charge in [-0.3, -0.25) is 14.4 Å². The van der Waals surface area contributed by atoms with Gasteiger partial charge in [-0.1, -0.05) is 11.6 Å². The van der Waals surface area contributed by atoms with E-state index >= 15 is 0 Å². The first-order chi connectivity index (χ1) is 15.8. The molecule has 1 heterocycles. The highest BCUT2D eigenvalue weighted by molar-refractivity contribution is 7.92. The molecule has 0 saturated carbocycles. The molecule has 1 amide bonds. The second kappa shape index (κ2) is 9.67. The van der Waals surface area contributed by atoms with E-state index in [1.54, 1.807) is 20.8 Å². The summed E-state index contributed by atoms with van der Waals surface area (Å²) in [5.74, 6) is -1.19. The zero-order chi connectivity index (χ0) is 25.3. The maximum atomic E-state index is 13.6. The van der Waals surface area contributed by atoms with Crippen LogP contribution >= 0.6 is 11.6 Å². The SMILES string of the molecule is COC(=O)C[C@H]1CN(S(=O)(=O)c2ccc(F)c(Cl)c2)c2cc(NC(=O)OC(C)(C)C)ccc2O1. The minimum atomic E-state index is -4.26. The molecular weight excluding hydrogens is 491 g/mol. The van der Waals surface area contributed by atoms with E-state index in [0.717, 1.165) is 22.5 Å². The molecule has 0 aliphatic carbocycles. The van der Waals surface area contributed by atoms with Crippen LogP contribution in [0.3, 0.4) is 0 Å². The van der Waals surface area contributed by atoms with Gasteiger partial charge in [-0.25, -0.2) is 17.6 Å². The molecule has 0 aromatic heterocycles. The molecule has 0 saturated heterocycles. The first-order valence-corrected chi connectivity index (χ1v) is 12.0. The summed E-state index contributed by atoms with van der Waals surface area (Å²) in [6, 6.07) is 7.40. The largest absolute Gasteiger partial charge is 0.486 e. The lowest BCUT2D eigenvalue weighted by molar-refractivity contribution is -0.142. The molecule has 0 spiro atoms. The molecule has 1 aliphatic rings. The second-order valence-corrected chi connectivity index (χ2v) is 10.7. The van der Waals surface area contributed by atoms with E-state index in [1.807, 2.05) is 0 Å². The average molecular weight is 515 g/mol. The molecule has 0 bridgehead atoms. The van der Waals surface area contributed by atoms with Crippen molar-refractivity contribution in [3.05, 3.63) is 47.2 Å². The molecule has 12 heteroatoms. The Morgan fingerprint density at radius 1 is 1.24 bits per heavy atom. The van der Waals surface area contributed by atoms with Crippen molar-refractivity contribution in [1.82, 2.24) is 0 Å². The third kappa shape index (κ3) is 5.89. The number of hydrogen-bond donors (Lipinski definition) is 1. The van der Waals surface area contributed by atoms with Gasteiger partial charge in [0.25, 0.3) is 10.0 Å². The van der Waals surface area contributed by atoms with E-state index in [9.17, 15) is 22.4 Å². The van der Waals surface area contributed by atoms with Crippen LogP contribution in [0.5, 0.6) is 5.75 Å². The van der Waals surface area contributed by atoms with E-state index in [2.05, 4.69) is 10.1 Å². The maximum Gasteiger partial charge on any atom is 0.412 e. The standard InChI is InChI=1S/C22H24ClFN2O7S/c1-22(2,3)33-21(28)25-13-5-8-19-18(9-13)26(12-14(32-19)10-20(27)31-4)34(29,30)15-6-7-17(24)16(23)11-15/h5-9,11,14H,10,12H2,1-4H3,(H,25,28)/t14-/m0/s1. The number of halogens is 2. The molecule has 1 aliphatic heterocycles. The lowest BCUT2D eigenvalue weighted by Gasteiger charge is -2.35. The minimum Gasteiger partial charge on any atom is -0.486 e. The van der Waals surface area contributed by atoms with Gasteiger partial charge in [0.2, 0.25) is 0 Å². The number of amides is 1. The summed E-state index contributed by atoms with van der Waals surface area (Å²) < 4.78 is 57.4. The van der Waals surface area contributed by atoms with Gasteiger partial charge in [-0.2, -0.15) is 0 Å². The number of nitrogens with zero attached hydrogens (tertiary/aromatic N) is 1. The van der Waals surface area contributed by atoms with Gasteiger partial charge in [-0.05, 0) is 57.2 Å². The van der Waals surface area contributed by atoms with Crippen molar-refractivity contribution >= 4 is 45.1 Å². The Morgan fingerprint density at radius 2 is 1.94 bits per heavy atom. The molecule has 184 valence electrons. The Morgan fingerprint density at radius 3 is 2.56 bits per heavy atom. The van der Waals surface area contributed by atoms with Crippen LogP contribution in [0.25, 0.3) is 0 Å². The van der Waals surface area contributed by atoms with Crippen molar-refractivity contribution in [2.24, 2.45) is 0 Å². The first kappa shape index (κ1) is 25.6. The van der Waals surface area contributed by atoms with Gasteiger partial charge in [-0.15, -0.1) is 0 Å². The molecule has 1 atom stereocenters. The number of nitrogens with one attached hydrogen (secondary N) is 1. The fourth-order valence-corrected chi connectivity index (χ4v) is 4.95. The van der Waals surface area contributed by atoms with Gasteiger partial charge in [0.05, 0.1) is 35.7 Å². The Balaban J connectivity index is 2.02. The zero-order valence-corrected chi connectivity index (χ0v) is 20.5. The van der Waals surface area contributed by atoms with E-state index in [4.69, 9.17) is 21.1 Å². The quantitative estimate of drug-likeness (QED) is 0.590. The van der Waals surface area contributed by atoms with E-state index in [1.165, 1.54) is 25.3 Å². The van der Waals surface area contributed by atoms with Crippen LogP contribution in [0.4, 0.5) is 20.6 Å². The second-order valence-electron chi connectivity index (χ2n) is 8.44. The van der Waals surface area contributed by atoms with Crippen LogP contribution in [0.1, 0.15) is 27.2 Å². The highest BCUT2D eigenvalue weighted by Crippen LogP contribution is 2.40. The minimum absolute atomic E-state index is 0.107. The molecule has 2 aromatic carbocycles. The summed E-state index contributed by atoms with van der Waals surface area (Å²) in [5, 5.41) is 2.19. The van der Waals surface area contributed by atoms with Crippen LogP contribution in [0.15, 0.2) is 41.3 Å². The van der Waals surface area contributed by atoms with E-state index in [0.29, 0.717) is 0 Å². The van der Waals surface area contributed by atoms with Gasteiger partial charge < -0.3 is 14.2 Å². The van der Waals surface area contributed by atoms with E-state index < -0.39 is 39.6 Å². The highest BCUT2D eigenvalue weighted by atomic mass is 35.5. The zero-order valence-electron chi connectivity index (χ0n) is 18.9. The number of fused-ring (bicyclic) bond motifs is 1. The summed E-state index contributed by atoms with van der Waals surface area (Å²) in [6.45, 7) is 4.87. The van der Waals surface area contributed by atoms with Crippen LogP contribution < -0.4 is 14.4 Å². The molecule has 2 aromatic rings. The predicted octanol–water partition coefficient (Wildman–Crippen LogP) is 4.35. The average Bonchev–Trinajstić information content (AvgIpc) is 2.73. The normalized spacial score (nSPS) is 15.7. The monoisotopic (exact) mass is 514 g/mol. The number of rotatable bonds is 5. The molecule has 0 fully saturated rings. The highest BCUT2D eigenvalue weighted by Gasteiger charge is 2.36. The summed E-state index contributed by atoms with van der Waals surface area (Å²) in [6.07, 6.45) is -1.79. The Hall–Kier alpha value is -3.05. The van der Waals surface area contributed by atoms with Crippen molar-refractivity contribution in [2.45, 2.75) is 43.8 Å². The third-order valence-corrected chi connectivity index (χ3v) is 6.70. The number of anilines is 2. The van der Waals surface area contributed by atoms with Crippen molar-refractivity contribution in [2.75, 3.05) is 23.3 Å². The Labute approximate surface area is 201 Å². The van der Waals surface area contributed by atoms with Crippen molar-refractivity contribution < 1.29 is 36.6 Å². The number of sulfonamides is 1. The molecule has 0 unspecified atom stereocenters. The fraction of sp³-hybridized carbons (Fsp3) is 0.364. The molecule has 1 N–H and O–H groups in total. The van der Waals surface area contributed by atoms with Crippen molar-refractivity contribution in [3.63, 3.8) is 0 Å². The van der Waals surface area contributed by atoms with Gasteiger partial charge >= 0.3 is 12.1 Å². The topological polar surface area (TPSA) is 111 Å². The summed E-state index contributed by atoms with van der Waals surface area (Å²) in [7, 11) is -3.05. The molecule has 0 radical (unpaired) electrons. The smallest absolute Gasteiger partial charge is 0.412 e. The molecular formula is C22H24ClFN2O7S. The number of methoxy groups -OCH3 is 1. The predicted molar refractivity (Wildman–Crippen MR) is 123 cm³/mol. The van der Waals surface area contributed by atoms with Crippen molar-refractivity contribution in [3.8, 4) is 5.75 Å². The van der Waals surface area contributed by atoms with Gasteiger partial charge in [0.1, 0.15) is 23.3 Å². The Kier molecular flexibility index (Phi) is 7.27. The summed E-state index contributed by atoms with van der Waals surface area (Å²) in [5.41, 5.74) is -0.379. The van der Waals surface area contributed by atoms with E-state index in [-0.39, 0.29) is 40.0 Å². The lowest BCUT2D eigenvalue weighted by atomic mass is 10.1. The summed E-state index contributed by atoms with van der Waals surface area (Å²) >= 11 is 5.81. The van der Waals surface area contributed by atoms with Crippen molar-refractivity contribution in [1.29, 1.82) is 0 Å². The number of benzene rings is 2. The third-order valence-electron chi connectivity index (χ3n) is 4.64. The van der Waals surface area contributed by atoms with Gasteiger partial charge in [0.15, 0.2) is 0 Å². The van der Waals surface area contributed by atoms with Crippen LogP contribution in [0, 0.1) is 5.82 Å². The van der Waals surface area contributed by atoms with Crippen LogP contribution in [-0.4, -0.2) is 45.8 Å². The first-order valence-electron chi connectivity index (χ1n) is 10.2. The number of hydrogen-bond acceptors (Lipinski definition) is 7. The molecule has 3 rings (SSSR count). The Bertz CT molecular complexity index is 1210. The number of ether oxygens (including phenoxy) is 3. The summed E-state index contributed by atoms with van der Waals surface area (Å²) in [4.78, 5) is 23.7. The fourth-order valence-electron chi connectivity index (χ4n) is 3.18. The number of carbonyl (C=O) groups excluding carboxylic acids is 2. The number of esters is 1. The number of carbonyl (C=O) groups is 2.